The molecule has 0 atom stereocenters. The van der Waals surface area contributed by atoms with Crippen LogP contribution in [0.4, 0.5) is 6.01 Å². The third-order valence-corrected chi connectivity index (χ3v) is 2.59. The van der Waals surface area contributed by atoms with E-state index in [0.29, 0.717) is 22.8 Å². The van der Waals surface area contributed by atoms with Gasteiger partial charge in [0.2, 0.25) is 0 Å². The molecule has 6 nitrogen and oxygen atoms in total. The normalized spacial score (nSPS) is 10.3. The fraction of sp³-hybridized carbons (Fsp3) is 0.231. The molecule has 0 aliphatic heterocycles. The van der Waals surface area contributed by atoms with E-state index in [-0.39, 0.29) is 17.5 Å². The number of nitrogens with zero attached hydrogens (tertiary/aromatic N) is 1. The SMILES string of the molecule is COc1cc(OC)cc(-c2oc(N)nc2C(C)=O)c1. The minimum Gasteiger partial charge on any atom is -0.497 e. The summed E-state index contributed by atoms with van der Waals surface area (Å²) >= 11 is 0. The van der Waals surface area contributed by atoms with Gasteiger partial charge in [-0.15, -0.1) is 0 Å². The Balaban J connectivity index is 2.60. The number of ketones is 1. The minimum atomic E-state index is -0.225. The second-order valence-electron chi connectivity index (χ2n) is 3.89. The lowest BCUT2D eigenvalue weighted by Crippen LogP contribution is -1.96. The molecule has 1 aromatic heterocycles. The van der Waals surface area contributed by atoms with E-state index in [1.165, 1.54) is 6.92 Å². The van der Waals surface area contributed by atoms with Gasteiger partial charge in [-0.2, -0.15) is 4.98 Å². The quantitative estimate of drug-likeness (QED) is 0.849. The fourth-order valence-electron chi connectivity index (χ4n) is 1.71. The van der Waals surface area contributed by atoms with Crippen molar-refractivity contribution in [3.8, 4) is 22.8 Å². The number of carbonyl (C=O) groups is 1. The van der Waals surface area contributed by atoms with Gasteiger partial charge in [0.15, 0.2) is 17.2 Å². The molecule has 100 valence electrons. The van der Waals surface area contributed by atoms with E-state index < -0.39 is 0 Å². The van der Waals surface area contributed by atoms with E-state index in [9.17, 15) is 4.79 Å². The summed E-state index contributed by atoms with van der Waals surface area (Å²) in [6, 6.07) is 5.10. The summed E-state index contributed by atoms with van der Waals surface area (Å²) in [5, 5.41) is 0. The summed E-state index contributed by atoms with van der Waals surface area (Å²) in [6.07, 6.45) is 0. The molecule has 2 N–H and O–H groups in total. The van der Waals surface area contributed by atoms with Gasteiger partial charge in [0.05, 0.1) is 14.2 Å². The fourth-order valence-corrected chi connectivity index (χ4v) is 1.71. The first kappa shape index (κ1) is 12.9. The van der Waals surface area contributed by atoms with E-state index in [4.69, 9.17) is 19.6 Å². The van der Waals surface area contributed by atoms with Gasteiger partial charge in [0.25, 0.3) is 6.01 Å². The summed E-state index contributed by atoms with van der Waals surface area (Å²) in [4.78, 5) is 15.4. The number of aromatic nitrogens is 1. The molecule has 0 aliphatic rings. The van der Waals surface area contributed by atoms with Crippen LogP contribution < -0.4 is 15.2 Å². The maximum Gasteiger partial charge on any atom is 0.293 e. The molecule has 19 heavy (non-hydrogen) atoms. The third kappa shape index (κ3) is 2.52. The predicted octanol–water partition coefficient (Wildman–Crippen LogP) is 2.14. The molecule has 0 unspecified atom stereocenters. The maximum absolute atomic E-state index is 11.5. The Morgan fingerprint density at radius 2 is 1.79 bits per heavy atom. The number of hydrogen-bond donors (Lipinski definition) is 1. The highest BCUT2D eigenvalue weighted by Crippen LogP contribution is 2.32. The van der Waals surface area contributed by atoms with E-state index in [2.05, 4.69) is 4.98 Å². The van der Waals surface area contributed by atoms with Crippen molar-refractivity contribution in [3.05, 3.63) is 23.9 Å². The Labute approximate surface area is 110 Å². The molecule has 1 heterocycles. The Morgan fingerprint density at radius 3 is 2.26 bits per heavy atom. The molecule has 0 bridgehead atoms. The molecule has 1 aromatic carbocycles. The molecular formula is C13H14N2O4. The van der Waals surface area contributed by atoms with Crippen molar-refractivity contribution < 1.29 is 18.7 Å². The number of methoxy groups -OCH3 is 2. The number of anilines is 1. The summed E-state index contributed by atoms with van der Waals surface area (Å²) < 4.78 is 15.6. The third-order valence-electron chi connectivity index (χ3n) is 2.59. The summed E-state index contributed by atoms with van der Waals surface area (Å²) in [7, 11) is 3.08. The van der Waals surface area contributed by atoms with Crippen molar-refractivity contribution in [2.75, 3.05) is 20.0 Å². The van der Waals surface area contributed by atoms with Gasteiger partial charge in [-0.1, -0.05) is 0 Å². The van der Waals surface area contributed by atoms with E-state index in [1.807, 2.05) is 0 Å². The lowest BCUT2D eigenvalue weighted by atomic mass is 10.1. The highest BCUT2D eigenvalue weighted by atomic mass is 16.5. The molecule has 0 fully saturated rings. The van der Waals surface area contributed by atoms with Crippen molar-refractivity contribution >= 4 is 11.8 Å². The topological polar surface area (TPSA) is 87.6 Å². The van der Waals surface area contributed by atoms with Gasteiger partial charge < -0.3 is 19.6 Å². The van der Waals surface area contributed by atoms with Crippen LogP contribution in [0.5, 0.6) is 11.5 Å². The summed E-state index contributed by atoms with van der Waals surface area (Å²) in [5.74, 6) is 1.25. The molecule has 0 saturated carbocycles. The minimum absolute atomic E-state index is 0.0537. The van der Waals surface area contributed by atoms with Gasteiger partial charge in [0.1, 0.15) is 11.5 Å². The van der Waals surface area contributed by atoms with Gasteiger partial charge in [-0.25, -0.2) is 0 Å². The predicted molar refractivity (Wildman–Crippen MR) is 69.5 cm³/mol. The zero-order chi connectivity index (χ0) is 14.0. The molecule has 0 amide bonds. The van der Waals surface area contributed by atoms with Crippen molar-refractivity contribution in [2.45, 2.75) is 6.92 Å². The van der Waals surface area contributed by atoms with Crippen LogP contribution >= 0.6 is 0 Å². The lowest BCUT2D eigenvalue weighted by molar-refractivity contribution is 0.101. The number of nitrogen functional groups attached to an aromatic ring is 1. The van der Waals surface area contributed by atoms with Gasteiger partial charge in [-0.3, -0.25) is 4.79 Å². The van der Waals surface area contributed by atoms with Crippen molar-refractivity contribution in [3.63, 3.8) is 0 Å². The molecule has 0 aliphatic carbocycles. The largest absolute Gasteiger partial charge is 0.497 e. The van der Waals surface area contributed by atoms with E-state index >= 15 is 0 Å². The molecule has 0 saturated heterocycles. The monoisotopic (exact) mass is 262 g/mol. The number of ether oxygens (including phenoxy) is 2. The molecule has 2 aromatic rings. The lowest BCUT2D eigenvalue weighted by Gasteiger charge is -2.07. The highest BCUT2D eigenvalue weighted by molar-refractivity contribution is 5.98. The highest BCUT2D eigenvalue weighted by Gasteiger charge is 2.18. The van der Waals surface area contributed by atoms with Gasteiger partial charge in [0, 0.05) is 18.6 Å². The Kier molecular flexibility index (Phi) is 3.41. The molecule has 2 rings (SSSR count). The zero-order valence-electron chi connectivity index (χ0n) is 10.9. The van der Waals surface area contributed by atoms with Crippen LogP contribution in [0.1, 0.15) is 17.4 Å². The number of Topliss-reactive ketones (excluding diaryl/α,β-unsaturated/α-hetero) is 1. The number of carbonyl (C=O) groups excluding carboxylic acids is 1. The maximum atomic E-state index is 11.5. The molecule has 0 radical (unpaired) electrons. The average Bonchev–Trinajstić information content (AvgIpc) is 2.80. The van der Waals surface area contributed by atoms with Crippen molar-refractivity contribution in [1.82, 2.24) is 4.98 Å². The zero-order valence-corrected chi connectivity index (χ0v) is 10.9. The first-order chi connectivity index (χ1) is 9.05. The van der Waals surface area contributed by atoms with Crippen LogP contribution in [0.2, 0.25) is 0 Å². The summed E-state index contributed by atoms with van der Waals surface area (Å²) in [6.45, 7) is 1.40. The molecule has 0 spiro atoms. The number of nitrogens with two attached hydrogens (primary N) is 1. The Bertz CT molecular complexity index is 597. The molecular weight excluding hydrogens is 248 g/mol. The Hall–Kier alpha value is -2.50. The first-order valence-corrected chi connectivity index (χ1v) is 5.56. The first-order valence-electron chi connectivity index (χ1n) is 5.56. The van der Waals surface area contributed by atoms with Crippen LogP contribution in [0.15, 0.2) is 22.6 Å². The van der Waals surface area contributed by atoms with Crippen LogP contribution in [0.25, 0.3) is 11.3 Å². The molecule has 6 heteroatoms. The van der Waals surface area contributed by atoms with E-state index in [1.54, 1.807) is 32.4 Å². The van der Waals surface area contributed by atoms with Crippen molar-refractivity contribution in [1.29, 1.82) is 0 Å². The van der Waals surface area contributed by atoms with E-state index in [0.717, 1.165) is 0 Å². The van der Waals surface area contributed by atoms with Crippen LogP contribution in [-0.2, 0) is 0 Å². The standard InChI is InChI=1S/C13H14N2O4/c1-7(16)11-12(19-13(14)15-11)8-4-9(17-2)6-10(5-8)18-3/h4-6H,1-3H3,(H2,14,15). The van der Waals surface area contributed by atoms with Crippen LogP contribution in [0.3, 0.4) is 0 Å². The number of oxazole rings is 1. The number of hydrogen-bond acceptors (Lipinski definition) is 6. The summed E-state index contributed by atoms with van der Waals surface area (Å²) in [5.41, 5.74) is 6.31. The second kappa shape index (κ2) is 5.01. The smallest absolute Gasteiger partial charge is 0.293 e. The van der Waals surface area contributed by atoms with Crippen LogP contribution in [-0.4, -0.2) is 25.0 Å². The Morgan fingerprint density at radius 1 is 1.21 bits per heavy atom. The second-order valence-corrected chi connectivity index (χ2v) is 3.89. The van der Waals surface area contributed by atoms with Gasteiger partial charge >= 0.3 is 0 Å². The number of benzene rings is 1. The van der Waals surface area contributed by atoms with Gasteiger partial charge in [-0.05, 0) is 12.1 Å². The van der Waals surface area contributed by atoms with Crippen molar-refractivity contribution in [2.24, 2.45) is 0 Å². The number of rotatable bonds is 4. The average molecular weight is 262 g/mol. The van der Waals surface area contributed by atoms with Crippen LogP contribution in [0, 0.1) is 0 Å².